The second kappa shape index (κ2) is 5.48. The fourth-order valence-electron chi connectivity index (χ4n) is 1.66. The highest BCUT2D eigenvalue weighted by molar-refractivity contribution is 7.99. The minimum Gasteiger partial charge on any atom is -0.206 e. The normalized spacial score (nSPS) is 18.5. The van der Waals surface area contributed by atoms with E-state index in [0.717, 1.165) is 21.9 Å². The third-order valence-electron chi connectivity index (χ3n) is 2.68. The third kappa shape index (κ3) is 2.81. The first-order valence-corrected chi connectivity index (χ1v) is 9.23. The standard InChI is InChI=1S/C10H14ClNO2S3/c1-8-6-10(16-9(8)7-11)17(13,14)12-2-4-15-5-3-12/h6H,2-5,7H2,1H3. The molecule has 0 unspecified atom stereocenters. The summed E-state index contributed by atoms with van der Waals surface area (Å²) in [6.45, 7) is 3.12. The van der Waals surface area contributed by atoms with Crippen molar-refractivity contribution in [1.82, 2.24) is 4.31 Å². The fourth-order valence-corrected chi connectivity index (χ4v) is 6.21. The highest BCUT2D eigenvalue weighted by atomic mass is 35.5. The summed E-state index contributed by atoms with van der Waals surface area (Å²) in [5, 5.41) is 0. The lowest BCUT2D eigenvalue weighted by molar-refractivity contribution is 0.445. The number of halogens is 1. The summed E-state index contributed by atoms with van der Waals surface area (Å²) in [6, 6.07) is 1.74. The van der Waals surface area contributed by atoms with Gasteiger partial charge in [-0.2, -0.15) is 16.1 Å². The SMILES string of the molecule is Cc1cc(S(=O)(=O)N2CCSCC2)sc1CCl. The van der Waals surface area contributed by atoms with Crippen LogP contribution in [0.2, 0.25) is 0 Å². The maximum absolute atomic E-state index is 12.4. The number of thiophene rings is 1. The summed E-state index contributed by atoms with van der Waals surface area (Å²) >= 11 is 8.87. The number of nitrogens with zero attached hydrogens (tertiary/aromatic N) is 1. The third-order valence-corrected chi connectivity index (χ3v) is 7.64. The number of aryl methyl sites for hydroxylation is 1. The van der Waals surface area contributed by atoms with Crippen LogP contribution < -0.4 is 0 Å². The maximum atomic E-state index is 12.4. The van der Waals surface area contributed by atoms with Gasteiger partial charge in [-0.15, -0.1) is 22.9 Å². The quantitative estimate of drug-likeness (QED) is 0.805. The molecule has 0 N–H and O–H groups in total. The molecule has 2 rings (SSSR count). The lowest BCUT2D eigenvalue weighted by atomic mass is 10.3. The Morgan fingerprint density at radius 2 is 2.06 bits per heavy atom. The molecule has 1 aromatic rings. The van der Waals surface area contributed by atoms with E-state index in [9.17, 15) is 8.42 Å². The van der Waals surface area contributed by atoms with Crippen LogP contribution in [0.15, 0.2) is 10.3 Å². The Morgan fingerprint density at radius 1 is 1.41 bits per heavy atom. The van der Waals surface area contributed by atoms with Gasteiger partial charge < -0.3 is 0 Å². The van der Waals surface area contributed by atoms with Crippen molar-refractivity contribution in [2.75, 3.05) is 24.6 Å². The first-order valence-electron chi connectivity index (χ1n) is 5.29. The van der Waals surface area contributed by atoms with Crippen molar-refractivity contribution < 1.29 is 8.42 Å². The Labute approximate surface area is 115 Å². The first kappa shape index (κ1) is 13.7. The van der Waals surface area contributed by atoms with Crippen molar-refractivity contribution in [1.29, 1.82) is 0 Å². The molecule has 0 aliphatic carbocycles. The number of hydrogen-bond acceptors (Lipinski definition) is 4. The van der Waals surface area contributed by atoms with E-state index in [4.69, 9.17) is 11.6 Å². The van der Waals surface area contributed by atoms with E-state index >= 15 is 0 Å². The van der Waals surface area contributed by atoms with Crippen LogP contribution in [-0.2, 0) is 15.9 Å². The van der Waals surface area contributed by atoms with Gasteiger partial charge in [-0.1, -0.05) is 0 Å². The van der Waals surface area contributed by atoms with Gasteiger partial charge in [0, 0.05) is 29.5 Å². The zero-order chi connectivity index (χ0) is 12.5. The molecule has 0 bridgehead atoms. The van der Waals surface area contributed by atoms with Gasteiger partial charge in [-0.3, -0.25) is 0 Å². The van der Waals surface area contributed by atoms with Gasteiger partial charge in [0.15, 0.2) is 0 Å². The van der Waals surface area contributed by atoms with Crippen molar-refractivity contribution in [2.45, 2.75) is 17.0 Å². The van der Waals surface area contributed by atoms with Crippen LogP contribution in [0.5, 0.6) is 0 Å². The molecule has 7 heteroatoms. The summed E-state index contributed by atoms with van der Waals surface area (Å²) in [6.07, 6.45) is 0. The zero-order valence-electron chi connectivity index (χ0n) is 9.48. The van der Waals surface area contributed by atoms with Crippen molar-refractivity contribution in [3.63, 3.8) is 0 Å². The lowest BCUT2D eigenvalue weighted by Gasteiger charge is -2.24. The van der Waals surface area contributed by atoms with E-state index in [0.29, 0.717) is 23.2 Å². The van der Waals surface area contributed by atoms with Gasteiger partial charge >= 0.3 is 0 Å². The number of rotatable bonds is 3. The minimum absolute atomic E-state index is 0.377. The Balaban J connectivity index is 2.30. The predicted molar refractivity (Wildman–Crippen MR) is 74.7 cm³/mol. The van der Waals surface area contributed by atoms with Crippen molar-refractivity contribution in [2.24, 2.45) is 0 Å². The molecule has 17 heavy (non-hydrogen) atoms. The molecule has 1 saturated heterocycles. The van der Waals surface area contributed by atoms with Gasteiger partial charge in [0.25, 0.3) is 10.0 Å². The summed E-state index contributed by atoms with van der Waals surface area (Å²) in [5.74, 6) is 2.14. The Kier molecular flexibility index (Phi) is 4.41. The molecule has 2 heterocycles. The van der Waals surface area contributed by atoms with Crippen LogP contribution in [-0.4, -0.2) is 37.3 Å². The highest BCUT2D eigenvalue weighted by Gasteiger charge is 2.28. The summed E-state index contributed by atoms with van der Waals surface area (Å²) in [7, 11) is -3.29. The van der Waals surface area contributed by atoms with Gasteiger partial charge in [0.2, 0.25) is 0 Å². The molecule has 3 nitrogen and oxygen atoms in total. The largest absolute Gasteiger partial charge is 0.252 e. The van der Waals surface area contributed by atoms with Gasteiger partial charge in [-0.05, 0) is 18.6 Å². The van der Waals surface area contributed by atoms with Crippen LogP contribution in [0.3, 0.4) is 0 Å². The van der Waals surface area contributed by atoms with Gasteiger partial charge in [-0.25, -0.2) is 8.42 Å². The molecular formula is C10H14ClNO2S3. The van der Waals surface area contributed by atoms with Crippen LogP contribution in [0.25, 0.3) is 0 Å². The van der Waals surface area contributed by atoms with E-state index in [1.54, 1.807) is 22.1 Å². The Morgan fingerprint density at radius 3 is 2.59 bits per heavy atom. The Hall–Kier alpha value is 0.250. The second-order valence-electron chi connectivity index (χ2n) is 3.82. The molecule has 0 spiro atoms. The van der Waals surface area contributed by atoms with E-state index in [1.165, 1.54) is 11.3 Å². The van der Waals surface area contributed by atoms with Crippen LogP contribution >= 0.6 is 34.7 Å². The van der Waals surface area contributed by atoms with Crippen LogP contribution in [0.1, 0.15) is 10.4 Å². The first-order chi connectivity index (χ1) is 8.05. The predicted octanol–water partition coefficient (Wildman–Crippen LogP) is 2.53. The number of hydrogen-bond donors (Lipinski definition) is 0. The van der Waals surface area contributed by atoms with E-state index in [-0.39, 0.29) is 0 Å². The van der Waals surface area contributed by atoms with E-state index in [1.807, 2.05) is 6.92 Å². The van der Waals surface area contributed by atoms with Crippen LogP contribution in [0.4, 0.5) is 0 Å². The van der Waals surface area contributed by atoms with E-state index in [2.05, 4.69) is 0 Å². The molecule has 0 saturated carbocycles. The molecule has 0 amide bonds. The number of thioether (sulfide) groups is 1. The lowest BCUT2D eigenvalue weighted by Crippen LogP contribution is -2.37. The average molecular weight is 312 g/mol. The summed E-state index contributed by atoms with van der Waals surface area (Å²) < 4.78 is 26.7. The van der Waals surface area contributed by atoms with Gasteiger partial charge in [0.1, 0.15) is 4.21 Å². The second-order valence-corrected chi connectivity index (χ2v) is 8.62. The average Bonchev–Trinajstić information content (AvgIpc) is 2.72. The van der Waals surface area contributed by atoms with E-state index < -0.39 is 10.0 Å². The maximum Gasteiger partial charge on any atom is 0.252 e. The van der Waals surface area contributed by atoms with Crippen molar-refractivity contribution >= 4 is 44.7 Å². The fraction of sp³-hybridized carbons (Fsp3) is 0.600. The number of sulfonamides is 1. The molecule has 1 aliphatic rings. The van der Waals surface area contributed by atoms with Gasteiger partial charge in [0.05, 0.1) is 5.88 Å². The number of alkyl halides is 1. The molecule has 96 valence electrons. The Bertz CT molecular complexity index is 492. The summed E-state index contributed by atoms with van der Waals surface area (Å²) in [4.78, 5) is 0.941. The molecular weight excluding hydrogens is 298 g/mol. The molecule has 0 radical (unpaired) electrons. The van der Waals surface area contributed by atoms with Crippen molar-refractivity contribution in [3.05, 3.63) is 16.5 Å². The van der Waals surface area contributed by atoms with Crippen LogP contribution in [0, 0.1) is 6.92 Å². The highest BCUT2D eigenvalue weighted by Crippen LogP contribution is 2.30. The van der Waals surface area contributed by atoms with Crippen molar-refractivity contribution in [3.8, 4) is 0 Å². The summed E-state index contributed by atoms with van der Waals surface area (Å²) in [5.41, 5.74) is 0.968. The smallest absolute Gasteiger partial charge is 0.206 e. The molecule has 1 aromatic heterocycles. The zero-order valence-corrected chi connectivity index (χ0v) is 12.7. The molecule has 1 aliphatic heterocycles. The minimum atomic E-state index is -3.29. The topological polar surface area (TPSA) is 37.4 Å². The monoisotopic (exact) mass is 311 g/mol. The molecule has 0 atom stereocenters. The molecule has 1 fully saturated rings. The molecule has 0 aromatic carbocycles.